The summed E-state index contributed by atoms with van der Waals surface area (Å²) in [4.78, 5) is 3.33. The molecule has 0 saturated heterocycles. The number of benzene rings is 1. The van der Waals surface area contributed by atoms with Gasteiger partial charge in [0.05, 0.1) is 5.69 Å². The maximum absolute atomic E-state index is 8.92. The van der Waals surface area contributed by atoms with Crippen LogP contribution in [0.25, 0.3) is 0 Å². The van der Waals surface area contributed by atoms with Crippen molar-refractivity contribution in [3.05, 3.63) is 23.3 Å². The Labute approximate surface area is 94.3 Å². The molecule has 0 saturated carbocycles. The molecule has 0 spiro atoms. The van der Waals surface area contributed by atoms with Crippen LogP contribution in [0.1, 0.15) is 11.1 Å². The van der Waals surface area contributed by atoms with E-state index < -0.39 is 0 Å². The number of aryl methyl sites for hydroxylation is 1. The van der Waals surface area contributed by atoms with Crippen molar-refractivity contribution in [2.75, 3.05) is 18.6 Å². The van der Waals surface area contributed by atoms with Gasteiger partial charge in [-0.3, -0.25) is 0 Å². The van der Waals surface area contributed by atoms with E-state index in [2.05, 4.69) is 24.0 Å². The maximum Gasteiger partial charge on any atom is 0.130 e. The summed E-state index contributed by atoms with van der Waals surface area (Å²) in [6, 6.07) is 4.26. The third-order valence-electron chi connectivity index (χ3n) is 2.71. The molecule has 1 aliphatic heterocycles. The van der Waals surface area contributed by atoms with Crippen molar-refractivity contribution in [1.29, 1.82) is 0 Å². The van der Waals surface area contributed by atoms with Crippen LogP contribution in [0.3, 0.4) is 0 Å². The van der Waals surface area contributed by atoms with E-state index >= 15 is 0 Å². The molecule has 0 fully saturated rings. The van der Waals surface area contributed by atoms with Crippen molar-refractivity contribution in [2.24, 2.45) is 5.73 Å². The molecule has 2 rings (SSSR count). The molecule has 0 aliphatic carbocycles. The summed E-state index contributed by atoms with van der Waals surface area (Å²) >= 11 is 1.68. The average Bonchev–Trinajstić information content (AvgIpc) is 2.43. The summed E-state index contributed by atoms with van der Waals surface area (Å²) < 4.78 is 0. The first-order valence-corrected chi connectivity index (χ1v) is 5.91. The fourth-order valence-corrected chi connectivity index (χ4v) is 3.13. The number of rotatable bonds is 2. The number of nitrogens with two attached hydrogens (primary N) is 1. The van der Waals surface area contributed by atoms with E-state index in [0.29, 0.717) is 6.42 Å². The van der Waals surface area contributed by atoms with Crippen LogP contribution in [-0.4, -0.2) is 24.3 Å². The van der Waals surface area contributed by atoms with Crippen LogP contribution in [-0.2, 0) is 6.42 Å². The Morgan fingerprint density at radius 2 is 2.27 bits per heavy atom. The SMILES string of the molecule is Cc1cc(CCO)cc2c1N(C)C(N)S2. The first-order chi connectivity index (χ1) is 7.13. The molecule has 4 heteroatoms. The van der Waals surface area contributed by atoms with Gasteiger partial charge in [0.15, 0.2) is 0 Å². The minimum absolute atomic E-state index is 0.0167. The standard InChI is InChI=1S/C11H16N2OS/c1-7-5-8(3-4-14)6-9-10(7)13(2)11(12)15-9/h5-6,11,14H,3-4,12H2,1-2H3. The summed E-state index contributed by atoms with van der Waals surface area (Å²) in [7, 11) is 2.02. The van der Waals surface area contributed by atoms with Gasteiger partial charge in [0, 0.05) is 18.6 Å². The van der Waals surface area contributed by atoms with Crippen LogP contribution in [0.2, 0.25) is 0 Å². The van der Waals surface area contributed by atoms with E-state index in [1.807, 2.05) is 7.05 Å². The maximum atomic E-state index is 8.92. The Bertz CT molecular complexity index is 381. The third kappa shape index (κ3) is 1.85. The van der Waals surface area contributed by atoms with Crippen molar-refractivity contribution in [2.45, 2.75) is 23.7 Å². The van der Waals surface area contributed by atoms with Crippen LogP contribution in [0, 0.1) is 6.92 Å². The Balaban J connectivity index is 2.42. The topological polar surface area (TPSA) is 49.5 Å². The summed E-state index contributed by atoms with van der Waals surface area (Å²) in [6.07, 6.45) is 0.716. The lowest BCUT2D eigenvalue weighted by Gasteiger charge is -2.18. The molecular formula is C11H16N2OS. The lowest BCUT2D eigenvalue weighted by molar-refractivity contribution is 0.299. The van der Waals surface area contributed by atoms with Gasteiger partial charge in [-0.25, -0.2) is 0 Å². The third-order valence-corrected chi connectivity index (χ3v) is 3.83. The zero-order valence-corrected chi connectivity index (χ0v) is 9.84. The first-order valence-electron chi connectivity index (χ1n) is 5.03. The lowest BCUT2D eigenvalue weighted by Crippen LogP contribution is -2.32. The smallest absolute Gasteiger partial charge is 0.130 e. The fraction of sp³-hybridized carbons (Fsp3) is 0.455. The Morgan fingerprint density at radius 1 is 1.53 bits per heavy atom. The molecule has 0 amide bonds. The van der Waals surface area contributed by atoms with E-state index in [0.717, 1.165) is 0 Å². The number of hydrogen-bond acceptors (Lipinski definition) is 4. The van der Waals surface area contributed by atoms with Gasteiger partial charge in [-0.05, 0) is 30.5 Å². The van der Waals surface area contributed by atoms with E-state index in [-0.39, 0.29) is 12.1 Å². The molecule has 1 aromatic rings. The van der Waals surface area contributed by atoms with Crippen LogP contribution in [0.15, 0.2) is 17.0 Å². The van der Waals surface area contributed by atoms with Crippen LogP contribution in [0.5, 0.6) is 0 Å². The zero-order valence-electron chi connectivity index (χ0n) is 9.03. The summed E-state index contributed by atoms with van der Waals surface area (Å²) in [5, 5.41) is 8.92. The van der Waals surface area contributed by atoms with Gasteiger partial charge in [-0.15, -0.1) is 0 Å². The molecule has 1 heterocycles. The Morgan fingerprint density at radius 3 is 2.93 bits per heavy atom. The molecule has 1 unspecified atom stereocenters. The van der Waals surface area contributed by atoms with Crippen LogP contribution >= 0.6 is 11.8 Å². The van der Waals surface area contributed by atoms with Crippen molar-refractivity contribution in [3.63, 3.8) is 0 Å². The Kier molecular flexibility index (Phi) is 2.91. The van der Waals surface area contributed by atoms with E-state index in [4.69, 9.17) is 10.8 Å². The number of fused-ring (bicyclic) bond motifs is 1. The second kappa shape index (κ2) is 4.04. The normalized spacial score (nSPS) is 19.5. The van der Waals surface area contributed by atoms with Crippen LogP contribution < -0.4 is 10.6 Å². The second-order valence-corrected chi connectivity index (χ2v) is 5.01. The highest BCUT2D eigenvalue weighted by atomic mass is 32.2. The van der Waals surface area contributed by atoms with Gasteiger partial charge in [0.1, 0.15) is 5.50 Å². The van der Waals surface area contributed by atoms with E-state index in [1.165, 1.54) is 21.7 Å². The predicted octanol–water partition coefficient (Wildman–Crippen LogP) is 1.31. The first kappa shape index (κ1) is 10.8. The average molecular weight is 224 g/mol. The second-order valence-electron chi connectivity index (χ2n) is 3.85. The molecule has 1 aliphatic rings. The van der Waals surface area contributed by atoms with Gasteiger partial charge in [-0.2, -0.15) is 0 Å². The van der Waals surface area contributed by atoms with Gasteiger partial charge in [0.2, 0.25) is 0 Å². The number of aliphatic hydroxyl groups is 1. The number of aliphatic hydroxyl groups excluding tert-OH is 1. The highest BCUT2D eigenvalue weighted by molar-refractivity contribution is 8.00. The number of thioether (sulfide) groups is 1. The highest BCUT2D eigenvalue weighted by Gasteiger charge is 2.25. The molecule has 82 valence electrons. The van der Waals surface area contributed by atoms with Gasteiger partial charge in [-0.1, -0.05) is 17.8 Å². The predicted molar refractivity (Wildman–Crippen MR) is 64.2 cm³/mol. The number of nitrogens with zero attached hydrogens (tertiary/aromatic N) is 1. The molecule has 0 aromatic heterocycles. The number of hydrogen-bond donors (Lipinski definition) is 2. The molecule has 1 aromatic carbocycles. The largest absolute Gasteiger partial charge is 0.396 e. The summed E-state index contributed by atoms with van der Waals surface area (Å²) in [5.41, 5.74) is 9.63. The van der Waals surface area contributed by atoms with Crippen molar-refractivity contribution < 1.29 is 5.11 Å². The van der Waals surface area contributed by atoms with Gasteiger partial charge >= 0.3 is 0 Å². The van der Waals surface area contributed by atoms with Gasteiger partial charge < -0.3 is 15.7 Å². The molecule has 3 nitrogen and oxygen atoms in total. The summed E-state index contributed by atoms with van der Waals surface area (Å²) in [6.45, 7) is 2.29. The van der Waals surface area contributed by atoms with Gasteiger partial charge in [0.25, 0.3) is 0 Å². The molecular weight excluding hydrogens is 208 g/mol. The monoisotopic (exact) mass is 224 g/mol. The minimum atomic E-state index is 0.0167. The van der Waals surface area contributed by atoms with Crippen molar-refractivity contribution >= 4 is 17.4 Å². The van der Waals surface area contributed by atoms with Crippen molar-refractivity contribution in [3.8, 4) is 0 Å². The van der Waals surface area contributed by atoms with E-state index in [1.54, 1.807) is 11.8 Å². The number of anilines is 1. The lowest BCUT2D eigenvalue weighted by atomic mass is 10.1. The van der Waals surface area contributed by atoms with Crippen LogP contribution in [0.4, 0.5) is 5.69 Å². The van der Waals surface area contributed by atoms with E-state index in [9.17, 15) is 0 Å². The van der Waals surface area contributed by atoms with Crippen molar-refractivity contribution in [1.82, 2.24) is 0 Å². The minimum Gasteiger partial charge on any atom is -0.396 e. The molecule has 1 atom stereocenters. The molecule has 0 radical (unpaired) electrons. The summed E-state index contributed by atoms with van der Waals surface area (Å²) in [5.74, 6) is 0. The fourth-order valence-electron chi connectivity index (χ4n) is 1.97. The molecule has 3 N–H and O–H groups in total. The quantitative estimate of drug-likeness (QED) is 0.795. The highest BCUT2D eigenvalue weighted by Crippen LogP contribution is 2.43. The zero-order chi connectivity index (χ0) is 11.0. The Hall–Kier alpha value is -0.710. The molecule has 15 heavy (non-hydrogen) atoms. The molecule has 0 bridgehead atoms.